The first-order valence-corrected chi connectivity index (χ1v) is 17.2. The van der Waals surface area contributed by atoms with Gasteiger partial charge in [-0.15, -0.1) is 11.3 Å². The molecule has 1 amide bonds. The Morgan fingerprint density at radius 1 is 1.09 bits per heavy atom. The summed E-state index contributed by atoms with van der Waals surface area (Å²) in [6.07, 6.45) is 0.607. The Morgan fingerprint density at radius 3 is 2.60 bits per heavy atom. The number of nitrogens with one attached hydrogen (secondary N) is 1. The number of sulfonamides is 1. The summed E-state index contributed by atoms with van der Waals surface area (Å²) in [6.45, 7) is 7.85. The first-order chi connectivity index (χ1) is 21.4. The molecule has 11 nitrogen and oxygen atoms in total. The third-order valence-corrected chi connectivity index (χ3v) is 10.2. The van der Waals surface area contributed by atoms with Crippen molar-refractivity contribution in [3.8, 4) is 22.2 Å². The molecule has 6 rings (SSSR count). The Labute approximate surface area is 265 Å². The number of fused-ring (bicyclic) bond motifs is 1. The van der Waals surface area contributed by atoms with E-state index in [0.29, 0.717) is 40.9 Å². The van der Waals surface area contributed by atoms with Gasteiger partial charge >= 0.3 is 6.09 Å². The molecule has 4 heterocycles. The molecule has 0 saturated carbocycles. The molecule has 0 unspecified atom stereocenters. The zero-order chi connectivity index (χ0) is 31.9. The first-order valence-electron chi connectivity index (χ1n) is 14.8. The standard InChI is InChI=1S/C31H35FN6O5S2/c1-19-34-28(42-26-11-10-25(22-8-5-6-9-23(22)26)38-14-7-15-45(38,40)41)27(44-19)24-12-13-33-29(36-24)35-21-16-20(32)17-37(18-21)30(39)43-31(2,3)4/h5-6,8-13,20-21H,7,14-18H2,1-4H3,(H,33,35,36)/t20-,21-/m0/s1. The number of nitrogens with zero attached hydrogens (tertiary/aromatic N) is 5. The lowest BCUT2D eigenvalue weighted by Crippen LogP contribution is -2.51. The van der Waals surface area contributed by atoms with Gasteiger partial charge < -0.3 is 19.7 Å². The summed E-state index contributed by atoms with van der Waals surface area (Å²) < 4.78 is 53.3. The number of aryl methyl sites for hydroxylation is 1. The minimum absolute atomic E-state index is 0.0294. The van der Waals surface area contributed by atoms with Crippen LogP contribution in [-0.4, -0.2) is 77.6 Å². The number of piperidine rings is 1. The van der Waals surface area contributed by atoms with E-state index in [-0.39, 0.29) is 31.2 Å². The Bertz CT molecular complexity index is 1840. The van der Waals surface area contributed by atoms with E-state index in [9.17, 15) is 17.6 Å². The molecule has 2 fully saturated rings. The lowest BCUT2D eigenvalue weighted by molar-refractivity contribution is 0.0124. The van der Waals surface area contributed by atoms with Gasteiger partial charge in [0.1, 0.15) is 22.4 Å². The number of thiazole rings is 1. The fraction of sp³-hybridized carbons (Fsp3) is 0.419. The van der Waals surface area contributed by atoms with E-state index < -0.39 is 33.9 Å². The van der Waals surface area contributed by atoms with Gasteiger partial charge in [0, 0.05) is 42.5 Å². The van der Waals surface area contributed by atoms with Crippen LogP contribution in [0.25, 0.3) is 21.3 Å². The average Bonchev–Trinajstić information content (AvgIpc) is 3.52. The lowest BCUT2D eigenvalue weighted by atomic mass is 10.0. The van der Waals surface area contributed by atoms with Crippen LogP contribution >= 0.6 is 11.3 Å². The number of amides is 1. The van der Waals surface area contributed by atoms with Crippen molar-refractivity contribution in [3.05, 3.63) is 53.7 Å². The van der Waals surface area contributed by atoms with E-state index in [2.05, 4.69) is 20.3 Å². The number of carbonyl (C=O) groups excluding carboxylic acids is 1. The van der Waals surface area contributed by atoms with E-state index in [1.165, 1.54) is 20.5 Å². The van der Waals surface area contributed by atoms with Crippen molar-refractivity contribution in [2.75, 3.05) is 35.0 Å². The second-order valence-electron chi connectivity index (χ2n) is 12.2. The van der Waals surface area contributed by atoms with Crippen LogP contribution in [-0.2, 0) is 14.8 Å². The highest BCUT2D eigenvalue weighted by Crippen LogP contribution is 2.42. The highest BCUT2D eigenvalue weighted by molar-refractivity contribution is 7.93. The molecule has 0 spiro atoms. The summed E-state index contributed by atoms with van der Waals surface area (Å²) in [6, 6.07) is 12.4. The average molecular weight is 655 g/mol. The molecule has 0 radical (unpaired) electrons. The maximum atomic E-state index is 14.7. The van der Waals surface area contributed by atoms with E-state index >= 15 is 0 Å². The van der Waals surface area contributed by atoms with E-state index in [4.69, 9.17) is 9.47 Å². The number of hydrogen-bond acceptors (Lipinski definition) is 10. The molecule has 2 aromatic carbocycles. The summed E-state index contributed by atoms with van der Waals surface area (Å²) in [7, 11) is -3.36. The van der Waals surface area contributed by atoms with Gasteiger partial charge in [0.15, 0.2) is 0 Å². The van der Waals surface area contributed by atoms with Crippen LogP contribution in [0, 0.1) is 6.92 Å². The molecule has 0 bridgehead atoms. The number of alkyl halides is 1. The molecule has 4 aromatic rings. The largest absolute Gasteiger partial charge is 0.444 e. The van der Waals surface area contributed by atoms with Crippen molar-refractivity contribution >= 4 is 49.9 Å². The summed E-state index contributed by atoms with van der Waals surface area (Å²) in [4.78, 5) is 28.3. The third-order valence-electron chi connectivity index (χ3n) is 7.41. The quantitative estimate of drug-likeness (QED) is 0.260. The van der Waals surface area contributed by atoms with Crippen molar-refractivity contribution in [3.63, 3.8) is 0 Å². The van der Waals surface area contributed by atoms with Gasteiger partial charge in [0.05, 0.1) is 28.7 Å². The van der Waals surface area contributed by atoms with Gasteiger partial charge in [-0.05, 0) is 52.3 Å². The smallest absolute Gasteiger partial charge is 0.410 e. The van der Waals surface area contributed by atoms with E-state index in [1.807, 2.05) is 31.2 Å². The number of hydrogen-bond donors (Lipinski definition) is 1. The van der Waals surface area contributed by atoms with Crippen LogP contribution in [0.4, 0.5) is 20.8 Å². The van der Waals surface area contributed by atoms with Gasteiger partial charge in [-0.2, -0.15) is 0 Å². The van der Waals surface area contributed by atoms with Crippen LogP contribution in [0.2, 0.25) is 0 Å². The molecule has 0 aliphatic carbocycles. The fourth-order valence-corrected chi connectivity index (χ4v) is 7.97. The number of rotatable bonds is 6. The maximum absolute atomic E-state index is 14.7. The molecular weight excluding hydrogens is 620 g/mol. The molecule has 238 valence electrons. The first kappa shape index (κ1) is 31.0. The summed E-state index contributed by atoms with van der Waals surface area (Å²) >= 11 is 1.41. The Hall–Kier alpha value is -4.04. The maximum Gasteiger partial charge on any atom is 0.410 e. The predicted molar refractivity (Wildman–Crippen MR) is 172 cm³/mol. The highest BCUT2D eigenvalue weighted by atomic mass is 32.2. The molecule has 2 aromatic heterocycles. The van der Waals surface area contributed by atoms with Gasteiger partial charge in [-0.1, -0.05) is 24.3 Å². The number of carbonyl (C=O) groups is 1. The van der Waals surface area contributed by atoms with Crippen molar-refractivity contribution in [1.82, 2.24) is 19.9 Å². The predicted octanol–water partition coefficient (Wildman–Crippen LogP) is 6.15. The minimum Gasteiger partial charge on any atom is -0.444 e. The van der Waals surface area contributed by atoms with Gasteiger partial charge in [-0.3, -0.25) is 4.31 Å². The summed E-state index contributed by atoms with van der Waals surface area (Å²) in [5.74, 6) is 1.30. The second-order valence-corrected chi connectivity index (χ2v) is 15.4. The van der Waals surface area contributed by atoms with Crippen LogP contribution < -0.4 is 14.4 Å². The molecule has 2 saturated heterocycles. The second kappa shape index (κ2) is 12.0. The van der Waals surface area contributed by atoms with Crippen LogP contribution in [0.15, 0.2) is 48.7 Å². The number of ether oxygens (including phenoxy) is 2. The van der Waals surface area contributed by atoms with E-state index in [0.717, 1.165) is 15.8 Å². The Morgan fingerprint density at radius 2 is 1.87 bits per heavy atom. The topological polar surface area (TPSA) is 127 Å². The SMILES string of the molecule is Cc1nc(Oc2ccc(N3CCCS3(=O)=O)c3ccccc23)c(-c2ccnc(N[C@H]3C[C@H](F)CN(C(=O)OC(C)(C)C)C3)n2)s1. The molecule has 2 aliphatic heterocycles. The van der Waals surface area contributed by atoms with Crippen LogP contribution in [0.1, 0.15) is 38.6 Å². The monoisotopic (exact) mass is 654 g/mol. The minimum atomic E-state index is -3.36. The molecule has 14 heteroatoms. The Balaban J connectivity index is 1.25. The lowest BCUT2D eigenvalue weighted by Gasteiger charge is -2.36. The van der Waals surface area contributed by atoms with Crippen molar-refractivity contribution in [1.29, 1.82) is 0 Å². The number of benzene rings is 2. The zero-order valence-electron chi connectivity index (χ0n) is 25.5. The molecular formula is C31H35FN6O5S2. The highest BCUT2D eigenvalue weighted by Gasteiger charge is 2.33. The summed E-state index contributed by atoms with van der Waals surface area (Å²) in [5.41, 5.74) is 0.504. The molecule has 1 N–H and O–H groups in total. The third kappa shape index (κ3) is 6.81. The number of halogens is 1. The molecule has 2 aliphatic rings. The number of aromatic nitrogens is 3. The van der Waals surface area contributed by atoms with Gasteiger partial charge in [0.2, 0.25) is 21.9 Å². The fourth-order valence-electron chi connectivity index (χ4n) is 5.57. The Kier molecular flexibility index (Phi) is 8.29. The van der Waals surface area contributed by atoms with Crippen LogP contribution in [0.3, 0.4) is 0 Å². The normalized spacial score (nSPS) is 19.9. The van der Waals surface area contributed by atoms with Crippen molar-refractivity contribution in [2.24, 2.45) is 0 Å². The number of likely N-dealkylation sites (tertiary alicyclic amines) is 1. The molecule has 45 heavy (non-hydrogen) atoms. The zero-order valence-corrected chi connectivity index (χ0v) is 27.1. The number of anilines is 2. The van der Waals surface area contributed by atoms with Gasteiger partial charge in [0.25, 0.3) is 0 Å². The molecule has 2 atom stereocenters. The van der Waals surface area contributed by atoms with Crippen molar-refractivity contribution < 1.29 is 27.1 Å². The van der Waals surface area contributed by atoms with Gasteiger partial charge in [-0.25, -0.2) is 32.6 Å². The van der Waals surface area contributed by atoms with E-state index in [1.54, 1.807) is 45.2 Å². The summed E-state index contributed by atoms with van der Waals surface area (Å²) in [5, 5.41) is 5.47. The van der Waals surface area contributed by atoms with Crippen LogP contribution in [0.5, 0.6) is 11.6 Å². The van der Waals surface area contributed by atoms with Crippen molar-refractivity contribution in [2.45, 2.75) is 58.4 Å².